The van der Waals surface area contributed by atoms with Gasteiger partial charge in [0.2, 0.25) is 0 Å². The van der Waals surface area contributed by atoms with Crippen LogP contribution in [0.15, 0.2) is 42.5 Å². The molecule has 0 unspecified atom stereocenters. The van der Waals surface area contributed by atoms with Crippen LogP contribution in [-0.2, 0) is 9.53 Å². The van der Waals surface area contributed by atoms with Crippen LogP contribution in [0.4, 0.5) is 25.0 Å². The van der Waals surface area contributed by atoms with Crippen LogP contribution in [0.25, 0.3) is 0 Å². The molecular formula is C19H20F2N2O4. The summed E-state index contributed by atoms with van der Waals surface area (Å²) in [4.78, 5) is 23.9. The van der Waals surface area contributed by atoms with E-state index in [4.69, 9.17) is 9.47 Å². The molecule has 0 aliphatic carbocycles. The summed E-state index contributed by atoms with van der Waals surface area (Å²) in [5.41, 5.74) is -0.523. The Hall–Kier alpha value is -3.16. The summed E-state index contributed by atoms with van der Waals surface area (Å²) < 4.78 is 36.9. The van der Waals surface area contributed by atoms with E-state index in [1.165, 1.54) is 24.3 Å². The highest BCUT2D eigenvalue weighted by Gasteiger charge is 2.18. The SMILES string of the molecule is CC(C)(C)OC(=O)Nc1ccc(F)cc1NC(=O)COc1cccc(F)c1. The van der Waals surface area contributed by atoms with Crippen molar-refractivity contribution < 1.29 is 27.8 Å². The van der Waals surface area contributed by atoms with E-state index >= 15 is 0 Å². The quantitative estimate of drug-likeness (QED) is 0.812. The summed E-state index contributed by atoms with van der Waals surface area (Å²) in [5, 5.41) is 4.88. The van der Waals surface area contributed by atoms with Crippen molar-refractivity contribution in [3.05, 3.63) is 54.1 Å². The zero-order valence-electron chi connectivity index (χ0n) is 15.1. The van der Waals surface area contributed by atoms with Gasteiger partial charge in [0.15, 0.2) is 6.61 Å². The molecule has 0 aromatic heterocycles. The van der Waals surface area contributed by atoms with Crippen molar-refractivity contribution in [3.63, 3.8) is 0 Å². The average Bonchev–Trinajstić information content (AvgIpc) is 2.54. The summed E-state index contributed by atoms with van der Waals surface area (Å²) in [6.45, 7) is 4.67. The number of ether oxygens (including phenoxy) is 2. The summed E-state index contributed by atoms with van der Waals surface area (Å²) in [6, 6.07) is 8.78. The number of carbonyl (C=O) groups is 2. The minimum atomic E-state index is -0.749. The van der Waals surface area contributed by atoms with Gasteiger partial charge in [-0.2, -0.15) is 0 Å². The van der Waals surface area contributed by atoms with E-state index in [-0.39, 0.29) is 17.1 Å². The standard InChI is InChI=1S/C19H20F2N2O4/c1-19(2,3)27-18(25)23-15-8-7-13(21)10-16(15)22-17(24)11-26-14-6-4-5-12(20)9-14/h4-10H,11H2,1-3H3,(H,22,24)(H,23,25). The Morgan fingerprint density at radius 2 is 1.67 bits per heavy atom. The zero-order chi connectivity index (χ0) is 20.0. The highest BCUT2D eigenvalue weighted by Crippen LogP contribution is 2.24. The van der Waals surface area contributed by atoms with Gasteiger partial charge in [0.05, 0.1) is 11.4 Å². The molecular weight excluding hydrogens is 358 g/mol. The van der Waals surface area contributed by atoms with Crippen molar-refractivity contribution in [2.75, 3.05) is 17.2 Å². The second-order valence-corrected chi connectivity index (χ2v) is 6.61. The number of benzene rings is 2. The fourth-order valence-electron chi connectivity index (χ4n) is 2.03. The fourth-order valence-corrected chi connectivity index (χ4v) is 2.03. The van der Waals surface area contributed by atoms with E-state index in [0.717, 1.165) is 18.2 Å². The van der Waals surface area contributed by atoms with Crippen LogP contribution in [0.2, 0.25) is 0 Å². The largest absolute Gasteiger partial charge is 0.484 e. The molecule has 2 amide bonds. The van der Waals surface area contributed by atoms with Crippen molar-refractivity contribution >= 4 is 23.4 Å². The second kappa shape index (κ2) is 8.48. The van der Waals surface area contributed by atoms with Gasteiger partial charge in [-0.25, -0.2) is 13.6 Å². The van der Waals surface area contributed by atoms with Crippen LogP contribution in [0, 0.1) is 11.6 Å². The number of hydrogen-bond donors (Lipinski definition) is 2. The minimum Gasteiger partial charge on any atom is -0.484 e. The predicted octanol–water partition coefficient (Wildman–Crippen LogP) is 4.33. The van der Waals surface area contributed by atoms with Gasteiger partial charge in [-0.3, -0.25) is 10.1 Å². The molecule has 2 aromatic carbocycles. The highest BCUT2D eigenvalue weighted by molar-refractivity contribution is 5.98. The van der Waals surface area contributed by atoms with E-state index in [1.807, 2.05) is 0 Å². The molecule has 0 saturated carbocycles. The van der Waals surface area contributed by atoms with Crippen molar-refractivity contribution in [2.24, 2.45) is 0 Å². The third kappa shape index (κ3) is 6.93. The summed E-state index contributed by atoms with van der Waals surface area (Å²) in [7, 11) is 0. The second-order valence-electron chi connectivity index (χ2n) is 6.61. The molecule has 0 aliphatic heterocycles. The number of nitrogens with one attached hydrogen (secondary N) is 2. The molecule has 27 heavy (non-hydrogen) atoms. The van der Waals surface area contributed by atoms with Gasteiger partial charge in [-0.15, -0.1) is 0 Å². The van der Waals surface area contributed by atoms with Gasteiger partial charge >= 0.3 is 6.09 Å². The predicted molar refractivity (Wildman–Crippen MR) is 96.8 cm³/mol. The van der Waals surface area contributed by atoms with Crippen LogP contribution in [0.1, 0.15) is 20.8 Å². The third-order valence-corrected chi connectivity index (χ3v) is 3.06. The molecule has 0 spiro atoms. The molecule has 0 saturated heterocycles. The monoisotopic (exact) mass is 378 g/mol. The molecule has 6 nitrogen and oxygen atoms in total. The molecule has 0 fully saturated rings. The van der Waals surface area contributed by atoms with Crippen molar-refractivity contribution in [1.82, 2.24) is 0 Å². The van der Waals surface area contributed by atoms with Gasteiger partial charge < -0.3 is 14.8 Å². The first kappa shape index (κ1) is 20.2. The summed E-state index contributed by atoms with van der Waals surface area (Å²) in [6.07, 6.45) is -0.749. The first-order chi connectivity index (χ1) is 12.6. The zero-order valence-corrected chi connectivity index (χ0v) is 15.1. The van der Waals surface area contributed by atoms with E-state index in [0.29, 0.717) is 0 Å². The van der Waals surface area contributed by atoms with E-state index in [1.54, 1.807) is 20.8 Å². The Morgan fingerprint density at radius 3 is 2.33 bits per heavy atom. The number of carbonyl (C=O) groups excluding carboxylic acids is 2. The maximum atomic E-state index is 13.5. The smallest absolute Gasteiger partial charge is 0.412 e. The molecule has 8 heteroatoms. The molecule has 0 atom stereocenters. The molecule has 144 valence electrons. The lowest BCUT2D eigenvalue weighted by Crippen LogP contribution is -2.28. The molecule has 2 N–H and O–H groups in total. The Bertz CT molecular complexity index is 835. The number of hydrogen-bond acceptors (Lipinski definition) is 4. The molecule has 0 bridgehead atoms. The number of amides is 2. The molecule has 0 heterocycles. The molecule has 0 radical (unpaired) electrons. The van der Waals surface area contributed by atoms with Crippen molar-refractivity contribution in [1.29, 1.82) is 0 Å². The maximum absolute atomic E-state index is 13.5. The Morgan fingerprint density at radius 1 is 0.963 bits per heavy atom. The number of anilines is 2. The lowest BCUT2D eigenvalue weighted by molar-refractivity contribution is -0.118. The summed E-state index contributed by atoms with van der Waals surface area (Å²) >= 11 is 0. The van der Waals surface area contributed by atoms with Gasteiger partial charge in [-0.1, -0.05) is 6.07 Å². The van der Waals surface area contributed by atoms with Gasteiger partial charge in [-0.05, 0) is 51.1 Å². The van der Waals surface area contributed by atoms with Gasteiger partial charge in [0.25, 0.3) is 5.91 Å². The molecule has 2 rings (SSSR count). The van der Waals surface area contributed by atoms with Crippen LogP contribution in [0.3, 0.4) is 0 Å². The lowest BCUT2D eigenvalue weighted by atomic mass is 10.2. The molecule has 0 aliphatic rings. The molecule has 2 aromatic rings. The van der Waals surface area contributed by atoms with Crippen molar-refractivity contribution in [2.45, 2.75) is 26.4 Å². The highest BCUT2D eigenvalue weighted by atomic mass is 19.1. The first-order valence-electron chi connectivity index (χ1n) is 8.10. The van der Waals surface area contributed by atoms with Crippen LogP contribution in [-0.4, -0.2) is 24.2 Å². The first-order valence-corrected chi connectivity index (χ1v) is 8.10. The third-order valence-electron chi connectivity index (χ3n) is 3.06. The van der Waals surface area contributed by atoms with Gasteiger partial charge in [0, 0.05) is 6.07 Å². The average molecular weight is 378 g/mol. The minimum absolute atomic E-state index is 0.0358. The number of halogens is 2. The fraction of sp³-hybridized carbons (Fsp3) is 0.263. The van der Waals surface area contributed by atoms with Gasteiger partial charge in [0.1, 0.15) is 23.0 Å². The Balaban J connectivity index is 2.03. The maximum Gasteiger partial charge on any atom is 0.412 e. The van der Waals surface area contributed by atoms with Crippen LogP contribution in [0.5, 0.6) is 5.75 Å². The van der Waals surface area contributed by atoms with E-state index in [9.17, 15) is 18.4 Å². The summed E-state index contributed by atoms with van der Waals surface area (Å²) in [5.74, 6) is -1.54. The van der Waals surface area contributed by atoms with E-state index in [2.05, 4.69) is 10.6 Å². The van der Waals surface area contributed by atoms with Crippen LogP contribution < -0.4 is 15.4 Å². The normalized spacial score (nSPS) is 10.9. The Kier molecular flexibility index (Phi) is 6.33. The van der Waals surface area contributed by atoms with E-state index < -0.39 is 35.8 Å². The van der Waals surface area contributed by atoms with Crippen LogP contribution >= 0.6 is 0 Å². The van der Waals surface area contributed by atoms with Crippen molar-refractivity contribution in [3.8, 4) is 5.75 Å². The number of rotatable bonds is 5. The Labute approximate surface area is 155 Å². The lowest BCUT2D eigenvalue weighted by Gasteiger charge is -2.20. The topological polar surface area (TPSA) is 76.7 Å².